The zero-order valence-electron chi connectivity index (χ0n) is 7.96. The molecule has 3 nitrogen and oxygen atoms in total. The molecule has 1 aromatic carbocycles. The summed E-state index contributed by atoms with van der Waals surface area (Å²) in [5, 5.41) is 1.61. The van der Waals surface area contributed by atoms with Gasteiger partial charge in [0.25, 0.3) is 0 Å². The predicted octanol–water partition coefficient (Wildman–Crippen LogP) is 2.65. The quantitative estimate of drug-likeness (QED) is 0.795. The van der Waals surface area contributed by atoms with E-state index < -0.39 is 15.9 Å². The highest BCUT2D eigenvalue weighted by Crippen LogP contribution is 2.23. The number of halogens is 1. The standard InChI is InChI=1S/C10H7FO3S2/c11-8-4-1-2-5-9(8)14-16(12,13)10-6-3-7-15-10/h1-7H. The van der Waals surface area contributed by atoms with Crippen LogP contribution in [-0.2, 0) is 10.1 Å². The SMILES string of the molecule is O=S(=O)(Oc1ccccc1F)c1cccs1. The fourth-order valence-electron chi connectivity index (χ4n) is 1.08. The molecule has 1 aromatic heterocycles. The van der Waals surface area contributed by atoms with Crippen LogP contribution in [0.25, 0.3) is 0 Å². The fourth-order valence-corrected chi connectivity index (χ4v) is 2.96. The second-order valence-electron chi connectivity index (χ2n) is 2.90. The van der Waals surface area contributed by atoms with Crippen molar-refractivity contribution in [1.29, 1.82) is 0 Å². The lowest BCUT2D eigenvalue weighted by Gasteiger charge is -2.05. The highest BCUT2D eigenvalue weighted by Gasteiger charge is 2.19. The molecule has 0 amide bonds. The lowest BCUT2D eigenvalue weighted by Crippen LogP contribution is -2.08. The molecule has 0 N–H and O–H groups in total. The summed E-state index contributed by atoms with van der Waals surface area (Å²) in [5.41, 5.74) is 0. The van der Waals surface area contributed by atoms with E-state index in [9.17, 15) is 12.8 Å². The van der Waals surface area contributed by atoms with Crippen LogP contribution in [0.2, 0.25) is 0 Å². The van der Waals surface area contributed by atoms with E-state index in [1.165, 1.54) is 24.3 Å². The second-order valence-corrected chi connectivity index (χ2v) is 5.62. The average molecular weight is 258 g/mol. The topological polar surface area (TPSA) is 43.4 Å². The summed E-state index contributed by atoms with van der Waals surface area (Å²) in [4.78, 5) is 0. The first-order valence-electron chi connectivity index (χ1n) is 4.32. The van der Waals surface area contributed by atoms with E-state index >= 15 is 0 Å². The number of hydrogen-bond donors (Lipinski definition) is 0. The Morgan fingerprint density at radius 2 is 1.88 bits per heavy atom. The first-order chi connectivity index (χ1) is 7.59. The third-order valence-corrected chi connectivity index (χ3v) is 4.37. The lowest BCUT2D eigenvalue weighted by atomic mass is 10.3. The van der Waals surface area contributed by atoms with Gasteiger partial charge in [-0.1, -0.05) is 18.2 Å². The van der Waals surface area contributed by atoms with Crippen LogP contribution in [0.4, 0.5) is 4.39 Å². The van der Waals surface area contributed by atoms with E-state index in [1.54, 1.807) is 11.4 Å². The van der Waals surface area contributed by atoms with Crippen molar-refractivity contribution in [3.05, 3.63) is 47.6 Å². The summed E-state index contributed by atoms with van der Waals surface area (Å²) in [6.07, 6.45) is 0. The summed E-state index contributed by atoms with van der Waals surface area (Å²) < 4.78 is 41.2. The third-order valence-electron chi connectivity index (χ3n) is 1.78. The first kappa shape index (κ1) is 11.1. The second kappa shape index (κ2) is 4.23. The summed E-state index contributed by atoms with van der Waals surface area (Å²) in [7, 11) is -3.91. The monoisotopic (exact) mass is 258 g/mol. The van der Waals surface area contributed by atoms with Crippen LogP contribution in [0.3, 0.4) is 0 Å². The molecule has 0 unspecified atom stereocenters. The molecule has 0 aliphatic heterocycles. The highest BCUT2D eigenvalue weighted by atomic mass is 32.3. The Morgan fingerprint density at radius 3 is 2.50 bits per heavy atom. The van der Waals surface area contributed by atoms with E-state index in [0.717, 1.165) is 17.4 Å². The van der Waals surface area contributed by atoms with Crippen LogP contribution in [0.5, 0.6) is 5.75 Å². The highest BCUT2D eigenvalue weighted by molar-refractivity contribution is 7.89. The maximum Gasteiger partial charge on any atom is 0.348 e. The van der Waals surface area contributed by atoms with Gasteiger partial charge in [-0.05, 0) is 23.6 Å². The Balaban J connectivity index is 2.33. The van der Waals surface area contributed by atoms with Gasteiger partial charge in [0, 0.05) is 0 Å². The fraction of sp³-hybridized carbons (Fsp3) is 0. The largest absolute Gasteiger partial charge is 0.375 e. The molecule has 0 spiro atoms. The Hall–Kier alpha value is -1.40. The molecule has 2 aromatic rings. The van der Waals surface area contributed by atoms with Crippen LogP contribution in [-0.4, -0.2) is 8.42 Å². The molecule has 16 heavy (non-hydrogen) atoms. The molecular weight excluding hydrogens is 251 g/mol. The predicted molar refractivity (Wildman–Crippen MR) is 58.5 cm³/mol. The van der Waals surface area contributed by atoms with Crippen molar-refractivity contribution in [3.63, 3.8) is 0 Å². The molecule has 0 aliphatic rings. The molecule has 6 heteroatoms. The maximum absolute atomic E-state index is 13.2. The van der Waals surface area contributed by atoms with Crippen molar-refractivity contribution in [2.75, 3.05) is 0 Å². The summed E-state index contributed by atoms with van der Waals surface area (Å²) in [6, 6.07) is 8.35. The number of hydrogen-bond acceptors (Lipinski definition) is 4. The number of benzene rings is 1. The van der Waals surface area contributed by atoms with Gasteiger partial charge in [0.05, 0.1) is 0 Å². The van der Waals surface area contributed by atoms with Crippen LogP contribution in [0, 0.1) is 5.82 Å². The van der Waals surface area contributed by atoms with Crippen molar-refractivity contribution in [2.45, 2.75) is 4.21 Å². The third kappa shape index (κ3) is 2.23. The van der Waals surface area contributed by atoms with Gasteiger partial charge < -0.3 is 4.18 Å². The molecule has 1 heterocycles. The van der Waals surface area contributed by atoms with Gasteiger partial charge in [0.1, 0.15) is 0 Å². The van der Waals surface area contributed by atoms with Crippen LogP contribution in [0.1, 0.15) is 0 Å². The summed E-state index contributed by atoms with van der Waals surface area (Å²) >= 11 is 1.02. The van der Waals surface area contributed by atoms with Crippen LogP contribution >= 0.6 is 11.3 Å². The van der Waals surface area contributed by atoms with E-state index in [1.807, 2.05) is 0 Å². The van der Waals surface area contributed by atoms with Gasteiger partial charge in [-0.25, -0.2) is 4.39 Å². The van der Waals surface area contributed by atoms with Crippen molar-refractivity contribution in [2.24, 2.45) is 0 Å². The summed E-state index contributed by atoms with van der Waals surface area (Å²) in [5.74, 6) is -1.00. The minimum atomic E-state index is -3.91. The van der Waals surface area contributed by atoms with Crippen molar-refractivity contribution in [3.8, 4) is 5.75 Å². The van der Waals surface area contributed by atoms with E-state index in [4.69, 9.17) is 0 Å². The van der Waals surface area contributed by atoms with Crippen molar-refractivity contribution < 1.29 is 17.0 Å². The molecule has 0 saturated carbocycles. The Kier molecular flexibility index (Phi) is 2.93. The molecule has 0 fully saturated rings. The van der Waals surface area contributed by atoms with E-state index in [-0.39, 0.29) is 9.96 Å². The molecule has 0 saturated heterocycles. The van der Waals surface area contributed by atoms with E-state index in [0.29, 0.717) is 0 Å². The van der Waals surface area contributed by atoms with Gasteiger partial charge in [0.2, 0.25) is 0 Å². The summed E-state index contributed by atoms with van der Waals surface area (Å²) in [6.45, 7) is 0. The van der Waals surface area contributed by atoms with Gasteiger partial charge in [-0.15, -0.1) is 11.3 Å². The van der Waals surface area contributed by atoms with Gasteiger partial charge in [-0.2, -0.15) is 8.42 Å². The number of rotatable bonds is 3. The van der Waals surface area contributed by atoms with Crippen LogP contribution < -0.4 is 4.18 Å². The first-order valence-corrected chi connectivity index (χ1v) is 6.61. The number of para-hydroxylation sites is 1. The smallest absolute Gasteiger partial charge is 0.348 e. The Morgan fingerprint density at radius 1 is 1.12 bits per heavy atom. The zero-order chi connectivity index (χ0) is 11.6. The van der Waals surface area contributed by atoms with Crippen LogP contribution in [0.15, 0.2) is 46.0 Å². The normalized spacial score (nSPS) is 11.3. The Bertz CT molecular complexity index is 576. The molecule has 0 radical (unpaired) electrons. The number of thiophene rings is 1. The van der Waals surface area contributed by atoms with Crippen molar-refractivity contribution in [1.82, 2.24) is 0 Å². The molecule has 84 valence electrons. The van der Waals surface area contributed by atoms with Gasteiger partial charge in [0.15, 0.2) is 15.8 Å². The Labute approximate surface area is 96.2 Å². The maximum atomic E-state index is 13.2. The zero-order valence-corrected chi connectivity index (χ0v) is 9.59. The lowest BCUT2D eigenvalue weighted by molar-refractivity contribution is 0.463. The molecule has 0 atom stereocenters. The molecule has 0 bridgehead atoms. The molecule has 2 rings (SSSR count). The molecular formula is C10H7FO3S2. The van der Waals surface area contributed by atoms with Crippen molar-refractivity contribution >= 4 is 21.5 Å². The average Bonchev–Trinajstić information content (AvgIpc) is 2.75. The minimum absolute atomic E-state index is 0.0516. The molecule has 0 aliphatic carbocycles. The van der Waals surface area contributed by atoms with Gasteiger partial charge in [-0.3, -0.25) is 0 Å². The van der Waals surface area contributed by atoms with Gasteiger partial charge >= 0.3 is 10.1 Å². The van der Waals surface area contributed by atoms with E-state index in [2.05, 4.69) is 4.18 Å². The minimum Gasteiger partial charge on any atom is -0.375 e.